The number of amides is 1. The number of halogens is 2. The Bertz CT molecular complexity index is 479. The first kappa shape index (κ1) is 16.6. The fourth-order valence-electron chi connectivity index (χ4n) is 2.73. The van der Waals surface area contributed by atoms with Crippen LogP contribution < -0.4 is 5.32 Å². The van der Waals surface area contributed by atoms with Crippen molar-refractivity contribution >= 4 is 29.1 Å². The number of benzene rings is 1. The summed E-state index contributed by atoms with van der Waals surface area (Å²) in [4.78, 5) is 14.7. The predicted octanol–water partition coefficient (Wildman–Crippen LogP) is 3.84. The zero-order valence-corrected chi connectivity index (χ0v) is 14.0. The molecule has 0 aliphatic carbocycles. The van der Waals surface area contributed by atoms with E-state index in [4.69, 9.17) is 23.2 Å². The predicted molar refractivity (Wildman–Crippen MR) is 88.2 cm³/mol. The molecular weight excluding hydrogens is 307 g/mol. The normalized spacial score (nSPS) is 18.8. The lowest BCUT2D eigenvalue weighted by Crippen LogP contribution is -2.44. The number of hydrogen-bond acceptors (Lipinski definition) is 2. The summed E-state index contributed by atoms with van der Waals surface area (Å²) in [6, 6.07) is 5.16. The highest BCUT2D eigenvalue weighted by Gasteiger charge is 2.24. The summed E-state index contributed by atoms with van der Waals surface area (Å²) < 4.78 is 0. The molecule has 1 aliphatic heterocycles. The highest BCUT2D eigenvalue weighted by molar-refractivity contribution is 6.35. The van der Waals surface area contributed by atoms with E-state index in [2.05, 4.69) is 5.32 Å². The lowest BCUT2D eigenvalue weighted by atomic mass is 9.98. The molecule has 0 saturated carbocycles. The lowest BCUT2D eigenvalue weighted by molar-refractivity contribution is 0.0661. The Morgan fingerprint density at radius 3 is 2.52 bits per heavy atom. The van der Waals surface area contributed by atoms with Gasteiger partial charge in [-0.3, -0.25) is 4.79 Å². The lowest BCUT2D eigenvalue weighted by Gasteiger charge is -2.33. The minimum atomic E-state index is -0.0000246. The quantitative estimate of drug-likeness (QED) is 0.910. The van der Waals surface area contributed by atoms with E-state index < -0.39 is 0 Å². The topological polar surface area (TPSA) is 32.3 Å². The molecular formula is C16H22Cl2N2O. The van der Waals surface area contributed by atoms with E-state index in [1.54, 1.807) is 18.2 Å². The number of rotatable bonds is 4. The van der Waals surface area contributed by atoms with E-state index in [0.29, 0.717) is 21.5 Å². The second-order valence-electron chi connectivity index (χ2n) is 5.92. The van der Waals surface area contributed by atoms with Crippen molar-refractivity contribution in [3.8, 4) is 0 Å². The van der Waals surface area contributed by atoms with Gasteiger partial charge in [0.1, 0.15) is 0 Å². The van der Waals surface area contributed by atoms with Crippen molar-refractivity contribution in [1.82, 2.24) is 10.2 Å². The molecule has 1 N–H and O–H groups in total. The Balaban J connectivity index is 2.14. The van der Waals surface area contributed by atoms with E-state index in [1.807, 2.05) is 18.7 Å². The van der Waals surface area contributed by atoms with Gasteiger partial charge in [-0.2, -0.15) is 0 Å². The molecule has 1 heterocycles. The summed E-state index contributed by atoms with van der Waals surface area (Å²) in [5.74, 6) is 0.514. The van der Waals surface area contributed by atoms with E-state index >= 15 is 0 Å². The standard InChI is InChI=1S/C16H22Cl2N2O/c1-11(2)20(10-12-4-3-5-19-9-12)16(21)13-6-14(17)8-15(18)7-13/h6-8,11-12,19H,3-5,9-10H2,1-2H3. The van der Waals surface area contributed by atoms with Gasteiger partial charge in [0.15, 0.2) is 0 Å². The second kappa shape index (κ2) is 7.48. The Labute approximate surface area is 136 Å². The molecule has 3 nitrogen and oxygen atoms in total. The summed E-state index contributed by atoms with van der Waals surface area (Å²) in [6.07, 6.45) is 2.34. The van der Waals surface area contributed by atoms with Crippen molar-refractivity contribution < 1.29 is 4.79 Å². The van der Waals surface area contributed by atoms with Crippen LogP contribution in [0.15, 0.2) is 18.2 Å². The molecule has 0 radical (unpaired) electrons. The maximum atomic E-state index is 12.8. The number of piperidine rings is 1. The molecule has 21 heavy (non-hydrogen) atoms. The molecule has 1 saturated heterocycles. The first-order chi connectivity index (χ1) is 9.97. The number of carbonyl (C=O) groups is 1. The summed E-state index contributed by atoms with van der Waals surface area (Å²) in [5, 5.41) is 4.38. The van der Waals surface area contributed by atoms with Crippen LogP contribution >= 0.6 is 23.2 Å². The Morgan fingerprint density at radius 2 is 2.00 bits per heavy atom. The minimum absolute atomic E-state index is 0.0000246. The highest BCUT2D eigenvalue weighted by atomic mass is 35.5. The van der Waals surface area contributed by atoms with Crippen molar-refractivity contribution in [2.45, 2.75) is 32.7 Å². The van der Waals surface area contributed by atoms with Gasteiger partial charge >= 0.3 is 0 Å². The smallest absolute Gasteiger partial charge is 0.254 e. The summed E-state index contributed by atoms with van der Waals surface area (Å²) in [5.41, 5.74) is 0.560. The van der Waals surface area contributed by atoms with Crippen LogP contribution in [0.4, 0.5) is 0 Å². The third-order valence-electron chi connectivity index (χ3n) is 3.85. The van der Waals surface area contributed by atoms with Crippen LogP contribution in [0, 0.1) is 5.92 Å². The number of carbonyl (C=O) groups excluding carboxylic acids is 1. The zero-order chi connectivity index (χ0) is 15.4. The van der Waals surface area contributed by atoms with Crippen molar-refractivity contribution in [3.05, 3.63) is 33.8 Å². The SMILES string of the molecule is CC(C)N(CC1CCCNC1)C(=O)c1cc(Cl)cc(Cl)c1. The average Bonchev–Trinajstić information content (AvgIpc) is 2.44. The van der Waals surface area contributed by atoms with Gasteiger partial charge in [0.25, 0.3) is 5.91 Å². The molecule has 1 fully saturated rings. The van der Waals surface area contributed by atoms with Crippen LogP contribution in [0.2, 0.25) is 10.0 Å². The molecule has 1 atom stereocenters. The van der Waals surface area contributed by atoms with Crippen molar-refractivity contribution in [2.75, 3.05) is 19.6 Å². The molecule has 116 valence electrons. The second-order valence-corrected chi connectivity index (χ2v) is 6.79. The number of nitrogens with zero attached hydrogens (tertiary/aromatic N) is 1. The molecule has 0 bridgehead atoms. The van der Waals surface area contributed by atoms with Crippen LogP contribution in [0.1, 0.15) is 37.0 Å². The largest absolute Gasteiger partial charge is 0.336 e. The molecule has 1 aliphatic rings. The molecule has 0 spiro atoms. The molecule has 1 amide bonds. The fraction of sp³-hybridized carbons (Fsp3) is 0.562. The van der Waals surface area contributed by atoms with E-state index in [-0.39, 0.29) is 11.9 Å². The molecule has 1 unspecified atom stereocenters. The maximum absolute atomic E-state index is 12.8. The maximum Gasteiger partial charge on any atom is 0.254 e. The van der Waals surface area contributed by atoms with Gasteiger partial charge in [0.2, 0.25) is 0 Å². The van der Waals surface area contributed by atoms with Crippen LogP contribution in [0.5, 0.6) is 0 Å². The molecule has 5 heteroatoms. The molecule has 1 aromatic carbocycles. The van der Waals surface area contributed by atoms with Crippen LogP contribution in [-0.2, 0) is 0 Å². The van der Waals surface area contributed by atoms with Gasteiger partial charge < -0.3 is 10.2 Å². The Hall–Kier alpha value is -0.770. The first-order valence-electron chi connectivity index (χ1n) is 7.45. The van der Waals surface area contributed by atoms with Crippen molar-refractivity contribution in [1.29, 1.82) is 0 Å². The van der Waals surface area contributed by atoms with E-state index in [0.717, 1.165) is 19.6 Å². The third-order valence-corrected chi connectivity index (χ3v) is 4.28. The highest BCUT2D eigenvalue weighted by Crippen LogP contribution is 2.22. The van der Waals surface area contributed by atoms with E-state index in [1.165, 1.54) is 12.8 Å². The average molecular weight is 329 g/mol. The fourth-order valence-corrected chi connectivity index (χ4v) is 3.26. The van der Waals surface area contributed by atoms with Crippen LogP contribution in [0.25, 0.3) is 0 Å². The molecule has 2 rings (SSSR count). The number of hydrogen-bond donors (Lipinski definition) is 1. The van der Waals surface area contributed by atoms with Crippen molar-refractivity contribution in [3.63, 3.8) is 0 Å². The number of nitrogens with one attached hydrogen (secondary N) is 1. The summed E-state index contributed by atoms with van der Waals surface area (Å²) >= 11 is 12.0. The van der Waals surface area contributed by atoms with Gasteiger partial charge in [0.05, 0.1) is 0 Å². The van der Waals surface area contributed by atoms with Crippen molar-refractivity contribution in [2.24, 2.45) is 5.92 Å². The van der Waals surface area contributed by atoms with Gasteiger partial charge in [-0.15, -0.1) is 0 Å². The van der Waals surface area contributed by atoms with Gasteiger partial charge in [-0.05, 0) is 63.9 Å². The first-order valence-corrected chi connectivity index (χ1v) is 8.20. The zero-order valence-electron chi connectivity index (χ0n) is 12.5. The van der Waals surface area contributed by atoms with E-state index in [9.17, 15) is 4.79 Å². The Kier molecular flexibility index (Phi) is 5.91. The van der Waals surface area contributed by atoms with Gasteiger partial charge in [-0.1, -0.05) is 23.2 Å². The minimum Gasteiger partial charge on any atom is -0.336 e. The molecule has 0 aromatic heterocycles. The third kappa shape index (κ3) is 4.60. The van der Waals surface area contributed by atoms with Crippen LogP contribution in [0.3, 0.4) is 0 Å². The summed E-state index contributed by atoms with van der Waals surface area (Å²) in [6.45, 7) is 6.91. The molecule has 1 aromatic rings. The monoisotopic (exact) mass is 328 g/mol. The van der Waals surface area contributed by atoms with Crippen LogP contribution in [-0.4, -0.2) is 36.5 Å². The summed E-state index contributed by atoms with van der Waals surface area (Å²) in [7, 11) is 0. The van der Waals surface area contributed by atoms with Gasteiger partial charge in [0, 0.05) is 28.2 Å². The Morgan fingerprint density at radius 1 is 1.33 bits per heavy atom. The van der Waals surface area contributed by atoms with Gasteiger partial charge in [-0.25, -0.2) is 0 Å².